The third-order valence-electron chi connectivity index (χ3n) is 1.82. The van der Waals surface area contributed by atoms with Gasteiger partial charge in [0.25, 0.3) is 0 Å². The highest BCUT2D eigenvalue weighted by Gasteiger charge is 2.05. The number of fused-ring (bicyclic) bond motifs is 1. The molecule has 0 amide bonds. The molecule has 0 aliphatic heterocycles. The molecule has 0 aliphatic rings. The maximum Gasteiger partial charge on any atom is 0.140 e. The molecule has 2 aromatic rings. The van der Waals surface area contributed by atoms with Gasteiger partial charge in [0.05, 0.1) is 21.7 Å². The van der Waals surface area contributed by atoms with Gasteiger partial charge in [-0.1, -0.05) is 23.4 Å². The van der Waals surface area contributed by atoms with Crippen LogP contribution in [-0.2, 0) is 0 Å². The second-order valence-corrected chi connectivity index (χ2v) is 3.40. The summed E-state index contributed by atoms with van der Waals surface area (Å²) in [5, 5.41) is 1.54. The summed E-state index contributed by atoms with van der Waals surface area (Å²) < 4.78 is 0. The topological polar surface area (TPSA) is 28.7 Å². The van der Waals surface area contributed by atoms with E-state index in [1.165, 1.54) is 0 Å². The van der Waals surface area contributed by atoms with Crippen molar-refractivity contribution in [3.05, 3.63) is 29.0 Å². The van der Waals surface area contributed by atoms with Crippen LogP contribution in [-0.4, -0.2) is 15.7 Å². The third-order valence-corrected chi connectivity index (χ3v) is 2.30. The maximum atomic E-state index is 6.04. The van der Waals surface area contributed by atoms with Gasteiger partial charge in [-0.05, 0) is 6.07 Å². The van der Waals surface area contributed by atoms with Crippen molar-refractivity contribution in [3.8, 4) is 11.8 Å². The summed E-state index contributed by atoms with van der Waals surface area (Å²) in [4.78, 5) is 7.16. The summed E-state index contributed by atoms with van der Waals surface area (Å²) >= 11 is 10.1. The summed E-state index contributed by atoms with van der Waals surface area (Å²) in [6, 6.07) is 1.75. The van der Waals surface area contributed by atoms with Crippen LogP contribution in [0.3, 0.4) is 0 Å². The van der Waals surface area contributed by atoms with Crippen molar-refractivity contribution in [1.29, 1.82) is 0 Å². The van der Waals surface area contributed by atoms with Crippen molar-refractivity contribution in [2.24, 2.45) is 0 Å². The first-order chi connectivity index (χ1) is 6.83. The van der Waals surface area contributed by atoms with E-state index in [2.05, 4.69) is 34.4 Å². The van der Waals surface area contributed by atoms with Crippen LogP contribution in [0.1, 0.15) is 5.56 Å². The molecule has 0 unspecified atom stereocenters. The quantitative estimate of drug-likeness (QED) is 0.521. The number of nitrogens with zero attached hydrogens (tertiary/aromatic N) is 1. The lowest BCUT2D eigenvalue weighted by molar-refractivity contribution is 1.33. The monoisotopic (exact) mass is 222 g/mol. The molecule has 0 fully saturated rings. The number of aromatic nitrogens is 2. The minimum atomic E-state index is 0.532. The van der Waals surface area contributed by atoms with Gasteiger partial charge in [-0.25, -0.2) is 4.98 Å². The van der Waals surface area contributed by atoms with Crippen LogP contribution in [0.4, 0.5) is 0 Å². The van der Waals surface area contributed by atoms with Crippen LogP contribution in [0, 0.1) is 11.8 Å². The molecule has 4 heteroatoms. The predicted octanol–water partition coefficient (Wildman–Crippen LogP) is 2.50. The molecule has 2 heterocycles. The highest BCUT2D eigenvalue weighted by Crippen LogP contribution is 2.23. The fourth-order valence-electron chi connectivity index (χ4n) is 1.25. The molecule has 0 saturated carbocycles. The van der Waals surface area contributed by atoms with Crippen molar-refractivity contribution >= 4 is 35.3 Å². The Bertz CT molecular complexity index is 522. The second-order valence-electron chi connectivity index (χ2n) is 2.68. The number of aromatic amines is 1. The fourth-order valence-corrected chi connectivity index (χ4v) is 1.58. The maximum absolute atomic E-state index is 6.04. The molecule has 2 rings (SSSR count). The summed E-state index contributed by atoms with van der Waals surface area (Å²) in [5.74, 6) is 6.39. The van der Waals surface area contributed by atoms with Gasteiger partial charge in [-0.2, -0.15) is 12.6 Å². The average Bonchev–Trinajstić information content (AvgIpc) is 2.59. The van der Waals surface area contributed by atoms with Gasteiger partial charge < -0.3 is 4.98 Å². The van der Waals surface area contributed by atoms with Crippen molar-refractivity contribution < 1.29 is 0 Å². The van der Waals surface area contributed by atoms with E-state index in [1.54, 1.807) is 18.5 Å². The van der Waals surface area contributed by atoms with Crippen molar-refractivity contribution in [3.63, 3.8) is 0 Å². The lowest BCUT2D eigenvalue weighted by Crippen LogP contribution is -1.77. The van der Waals surface area contributed by atoms with Crippen LogP contribution in [0.2, 0.25) is 5.02 Å². The summed E-state index contributed by atoms with van der Waals surface area (Å²) in [6.07, 6.45) is 3.47. The molecule has 0 atom stereocenters. The zero-order valence-corrected chi connectivity index (χ0v) is 8.86. The van der Waals surface area contributed by atoms with Crippen molar-refractivity contribution in [2.75, 3.05) is 5.75 Å². The van der Waals surface area contributed by atoms with Crippen molar-refractivity contribution in [2.45, 2.75) is 0 Å². The van der Waals surface area contributed by atoms with Crippen LogP contribution >= 0.6 is 24.2 Å². The van der Waals surface area contributed by atoms with Crippen molar-refractivity contribution in [1.82, 2.24) is 9.97 Å². The number of nitrogens with one attached hydrogen (secondary N) is 1. The fraction of sp³-hybridized carbons (Fsp3) is 0.100. The standard InChI is InChI=1S/C10H7ClN2S/c11-8-3-4-12-10-9(8)7(6-13-10)2-1-5-14/h3-4,6,14H,5H2,(H,12,13). The Balaban J connectivity index is 2.67. The molecule has 2 nitrogen and oxygen atoms in total. The number of pyridine rings is 1. The summed E-state index contributed by atoms with van der Waals surface area (Å²) in [5.41, 5.74) is 1.63. The van der Waals surface area contributed by atoms with Gasteiger partial charge in [0.2, 0.25) is 0 Å². The first kappa shape index (κ1) is 9.45. The predicted molar refractivity (Wildman–Crippen MR) is 61.8 cm³/mol. The Morgan fingerprint density at radius 3 is 3.21 bits per heavy atom. The lowest BCUT2D eigenvalue weighted by Gasteiger charge is -1.92. The Morgan fingerprint density at radius 1 is 1.57 bits per heavy atom. The largest absolute Gasteiger partial charge is 0.345 e. The molecular weight excluding hydrogens is 216 g/mol. The average molecular weight is 223 g/mol. The molecule has 2 aromatic heterocycles. The van der Waals surface area contributed by atoms with E-state index in [9.17, 15) is 0 Å². The summed E-state index contributed by atoms with van der Waals surface area (Å²) in [7, 11) is 0. The molecular formula is C10H7ClN2S. The van der Waals surface area contributed by atoms with E-state index in [-0.39, 0.29) is 0 Å². The highest BCUT2D eigenvalue weighted by atomic mass is 35.5. The molecule has 0 aromatic carbocycles. The highest BCUT2D eigenvalue weighted by molar-refractivity contribution is 7.80. The molecule has 0 spiro atoms. The number of hydrogen-bond donors (Lipinski definition) is 2. The van der Waals surface area contributed by atoms with Gasteiger partial charge in [0.1, 0.15) is 5.65 Å². The van der Waals surface area contributed by atoms with Crippen LogP contribution < -0.4 is 0 Å². The minimum absolute atomic E-state index is 0.532. The van der Waals surface area contributed by atoms with Gasteiger partial charge in [-0.3, -0.25) is 0 Å². The molecule has 14 heavy (non-hydrogen) atoms. The van der Waals surface area contributed by atoms with E-state index in [0.717, 1.165) is 16.6 Å². The SMILES string of the molecule is SCC#Cc1c[nH]c2nccc(Cl)c12. The smallest absolute Gasteiger partial charge is 0.140 e. The van der Waals surface area contributed by atoms with Gasteiger partial charge in [0.15, 0.2) is 0 Å². The summed E-state index contributed by atoms with van der Waals surface area (Å²) in [6.45, 7) is 0. The third kappa shape index (κ3) is 1.59. The number of rotatable bonds is 0. The van der Waals surface area contributed by atoms with E-state index in [0.29, 0.717) is 10.8 Å². The Morgan fingerprint density at radius 2 is 2.43 bits per heavy atom. The van der Waals surface area contributed by atoms with Gasteiger partial charge in [-0.15, -0.1) is 0 Å². The molecule has 1 N–H and O–H groups in total. The Labute approximate surface area is 92.1 Å². The molecule has 70 valence electrons. The van der Waals surface area contributed by atoms with E-state index in [1.807, 2.05) is 0 Å². The van der Waals surface area contributed by atoms with Crippen LogP contribution in [0.5, 0.6) is 0 Å². The molecule has 0 bridgehead atoms. The molecule has 0 aliphatic carbocycles. The zero-order chi connectivity index (χ0) is 9.97. The Kier molecular flexibility index (Phi) is 2.67. The zero-order valence-electron chi connectivity index (χ0n) is 7.21. The van der Waals surface area contributed by atoms with Crippen LogP contribution in [0.25, 0.3) is 11.0 Å². The van der Waals surface area contributed by atoms with E-state index in [4.69, 9.17) is 11.6 Å². The van der Waals surface area contributed by atoms with E-state index >= 15 is 0 Å². The first-order valence-corrected chi connectivity index (χ1v) is 5.05. The number of halogens is 1. The first-order valence-electron chi connectivity index (χ1n) is 4.04. The Hall–Kier alpha value is -1.11. The normalized spacial score (nSPS) is 9.86. The van der Waals surface area contributed by atoms with Crippen LogP contribution in [0.15, 0.2) is 18.5 Å². The number of H-pyrrole nitrogens is 1. The second kappa shape index (κ2) is 3.95. The van der Waals surface area contributed by atoms with E-state index < -0.39 is 0 Å². The minimum Gasteiger partial charge on any atom is -0.345 e. The van der Waals surface area contributed by atoms with Gasteiger partial charge in [0, 0.05) is 12.4 Å². The molecule has 0 radical (unpaired) electrons. The number of thiol groups is 1. The van der Waals surface area contributed by atoms with Gasteiger partial charge >= 0.3 is 0 Å². The number of hydrogen-bond acceptors (Lipinski definition) is 2. The molecule has 0 saturated heterocycles. The lowest BCUT2D eigenvalue weighted by atomic mass is 10.2.